The van der Waals surface area contributed by atoms with Crippen LogP contribution in [0.2, 0.25) is 0 Å². The number of methoxy groups -OCH3 is 1. The van der Waals surface area contributed by atoms with Gasteiger partial charge in [0.1, 0.15) is 11.8 Å². The third-order valence-corrected chi connectivity index (χ3v) is 7.23. The molecule has 8 heteroatoms. The van der Waals surface area contributed by atoms with Gasteiger partial charge in [-0.25, -0.2) is 4.79 Å². The number of aliphatic carboxylic acids is 1. The lowest BCUT2D eigenvalue weighted by atomic mass is 9.88. The fraction of sp³-hybridized carbons (Fsp3) is 0.529. The Kier molecular flexibility index (Phi) is 7.82. The van der Waals surface area contributed by atoms with Crippen LogP contribution >= 0.6 is 34.4 Å². The number of nitrogens with one attached hydrogen (secondary N) is 1. The summed E-state index contributed by atoms with van der Waals surface area (Å²) in [5.41, 5.74) is 1.11. The van der Waals surface area contributed by atoms with Gasteiger partial charge in [-0.1, -0.05) is 34.7 Å². The minimum Gasteiger partial charge on any atom is -0.497 e. The van der Waals surface area contributed by atoms with E-state index >= 15 is 0 Å². The summed E-state index contributed by atoms with van der Waals surface area (Å²) in [6, 6.07) is 6.90. The third kappa shape index (κ3) is 5.24. The molecule has 2 rings (SSSR count). The predicted octanol–water partition coefficient (Wildman–Crippen LogP) is 2.35. The molecule has 1 unspecified atom stereocenters. The van der Waals surface area contributed by atoms with E-state index in [1.165, 1.54) is 0 Å². The molecule has 0 bridgehead atoms. The fourth-order valence-corrected chi connectivity index (χ4v) is 5.17. The molecule has 1 saturated heterocycles. The number of amides is 1. The van der Waals surface area contributed by atoms with Crippen LogP contribution in [0.5, 0.6) is 5.75 Å². The lowest BCUT2D eigenvalue weighted by Crippen LogP contribution is -2.57. The van der Waals surface area contributed by atoms with Gasteiger partial charge in [-0.3, -0.25) is 9.69 Å². The molecule has 1 amide bonds. The number of hydrogen-bond acceptors (Lipinski definition) is 5. The zero-order chi connectivity index (χ0) is 18.3. The molecule has 1 heterocycles. The van der Waals surface area contributed by atoms with E-state index in [1.54, 1.807) is 18.9 Å². The lowest BCUT2D eigenvalue weighted by molar-refractivity contribution is -0.142. The van der Waals surface area contributed by atoms with Gasteiger partial charge in [0, 0.05) is 23.6 Å². The highest BCUT2D eigenvalue weighted by molar-refractivity contribution is 14.1. The molecule has 1 aromatic carbocycles. The van der Waals surface area contributed by atoms with Gasteiger partial charge in [-0.2, -0.15) is 0 Å². The Hall–Kier alpha value is -1.00. The molecule has 1 fully saturated rings. The van der Waals surface area contributed by atoms with Crippen molar-refractivity contribution < 1.29 is 19.4 Å². The van der Waals surface area contributed by atoms with E-state index in [2.05, 4.69) is 32.8 Å². The van der Waals surface area contributed by atoms with Gasteiger partial charge < -0.3 is 15.2 Å². The number of halogens is 1. The minimum atomic E-state index is -0.975. The van der Waals surface area contributed by atoms with Gasteiger partial charge in [-0.15, -0.1) is 11.8 Å². The average Bonchev–Trinajstić information content (AvgIpc) is 2.65. The molecule has 0 aliphatic carbocycles. The lowest BCUT2D eigenvalue weighted by Gasteiger charge is -2.44. The highest BCUT2D eigenvalue weighted by Crippen LogP contribution is 2.41. The van der Waals surface area contributed by atoms with E-state index in [-0.39, 0.29) is 0 Å². The molecule has 1 aliphatic heterocycles. The van der Waals surface area contributed by atoms with Crippen LogP contribution in [0.15, 0.2) is 24.3 Å². The van der Waals surface area contributed by atoms with Crippen molar-refractivity contribution in [1.29, 1.82) is 0 Å². The number of alkyl halides is 1. The molecule has 138 valence electrons. The minimum absolute atomic E-state index is 0.499. The number of thioether (sulfide) groups is 1. The highest BCUT2D eigenvalue weighted by atomic mass is 127. The molecule has 6 nitrogen and oxygen atoms in total. The van der Waals surface area contributed by atoms with Crippen LogP contribution < -0.4 is 10.1 Å². The van der Waals surface area contributed by atoms with Crippen LogP contribution in [0.3, 0.4) is 0 Å². The van der Waals surface area contributed by atoms with Gasteiger partial charge in [0.2, 0.25) is 6.41 Å². The number of carboxylic acid groups (broad SMARTS) is 1. The number of benzene rings is 1. The fourth-order valence-electron chi connectivity index (χ4n) is 3.03. The van der Waals surface area contributed by atoms with Crippen molar-refractivity contribution in [1.82, 2.24) is 10.2 Å². The molecular weight excluding hydrogens is 455 g/mol. The quantitative estimate of drug-likeness (QED) is 0.246. The topological polar surface area (TPSA) is 78.9 Å². The van der Waals surface area contributed by atoms with Gasteiger partial charge in [0.25, 0.3) is 0 Å². The zero-order valence-electron chi connectivity index (χ0n) is 14.1. The summed E-state index contributed by atoms with van der Waals surface area (Å²) >= 11 is 3.95. The molecule has 0 aromatic heterocycles. The first-order valence-corrected chi connectivity index (χ1v) is 10.5. The average molecular weight is 478 g/mol. The van der Waals surface area contributed by atoms with Crippen molar-refractivity contribution in [2.45, 2.75) is 29.4 Å². The molecule has 25 heavy (non-hydrogen) atoms. The Bertz CT molecular complexity index is 577. The molecule has 1 aliphatic rings. The summed E-state index contributed by atoms with van der Waals surface area (Å²) < 4.78 is 5.59. The van der Waals surface area contributed by atoms with E-state index < -0.39 is 16.8 Å². The van der Waals surface area contributed by atoms with Crippen molar-refractivity contribution in [2.24, 2.45) is 0 Å². The number of ether oxygens (including phenoxy) is 1. The SMILES string of the molecule is COc1ccc(CSC2(C(NC=O)C(=O)O)CCN(CI)CC2)cc1. The first kappa shape index (κ1) is 20.3. The number of likely N-dealkylation sites (tertiary alicyclic amines) is 1. The van der Waals surface area contributed by atoms with E-state index in [9.17, 15) is 14.7 Å². The number of carbonyl (C=O) groups excluding carboxylic acids is 1. The third-order valence-electron chi connectivity index (χ3n) is 4.56. The number of rotatable bonds is 9. The molecule has 1 atom stereocenters. The van der Waals surface area contributed by atoms with Gasteiger partial charge >= 0.3 is 5.97 Å². The molecule has 0 radical (unpaired) electrons. The second-order valence-electron chi connectivity index (χ2n) is 5.99. The largest absolute Gasteiger partial charge is 0.497 e. The van der Waals surface area contributed by atoms with E-state index in [0.29, 0.717) is 12.2 Å². The maximum atomic E-state index is 11.8. The van der Waals surface area contributed by atoms with E-state index in [1.807, 2.05) is 24.3 Å². The first-order valence-electron chi connectivity index (χ1n) is 8.02. The molecule has 0 saturated carbocycles. The predicted molar refractivity (Wildman–Crippen MR) is 107 cm³/mol. The maximum absolute atomic E-state index is 11.8. The second kappa shape index (κ2) is 9.63. The van der Waals surface area contributed by atoms with Crippen LogP contribution in [-0.4, -0.2) is 57.9 Å². The molecule has 0 spiro atoms. The smallest absolute Gasteiger partial charge is 0.327 e. The standard InChI is InChI=1S/C17H23IN2O4S/c1-24-14-4-2-13(3-5-14)10-25-17(15(16(22)23)19-12-21)6-8-20(11-18)9-7-17/h2-5,12,15H,6-11H2,1H3,(H,19,21)(H,22,23). The Morgan fingerprint density at radius 2 is 2.08 bits per heavy atom. The summed E-state index contributed by atoms with van der Waals surface area (Å²) in [5, 5.41) is 12.2. The van der Waals surface area contributed by atoms with Crippen molar-refractivity contribution in [3.05, 3.63) is 29.8 Å². The summed E-state index contributed by atoms with van der Waals surface area (Å²) in [6.07, 6.45) is 1.96. The van der Waals surface area contributed by atoms with Gasteiger partial charge in [0.15, 0.2) is 0 Å². The summed E-state index contributed by atoms with van der Waals surface area (Å²) in [5.74, 6) is 0.514. The number of carbonyl (C=O) groups is 2. The zero-order valence-corrected chi connectivity index (χ0v) is 17.1. The van der Waals surface area contributed by atoms with Gasteiger partial charge in [0.05, 0.1) is 11.7 Å². The van der Waals surface area contributed by atoms with Crippen LogP contribution in [0.4, 0.5) is 0 Å². The summed E-state index contributed by atoms with van der Waals surface area (Å²) in [4.78, 5) is 25.0. The van der Waals surface area contributed by atoms with Crippen LogP contribution in [0.25, 0.3) is 0 Å². The first-order chi connectivity index (χ1) is 12.0. The molecular formula is C17H23IN2O4S. The number of carboxylic acids is 1. The second-order valence-corrected chi connectivity index (χ2v) is 8.07. The Labute approximate surface area is 165 Å². The molecule has 1 aromatic rings. The van der Waals surface area contributed by atoms with Crippen LogP contribution in [-0.2, 0) is 15.3 Å². The van der Waals surface area contributed by atoms with Crippen molar-refractivity contribution in [2.75, 3.05) is 24.8 Å². The van der Waals surface area contributed by atoms with Crippen molar-refractivity contribution in [3.8, 4) is 5.75 Å². The monoisotopic (exact) mass is 478 g/mol. The van der Waals surface area contributed by atoms with Gasteiger partial charge in [-0.05, 0) is 30.5 Å². The van der Waals surface area contributed by atoms with Crippen LogP contribution in [0.1, 0.15) is 18.4 Å². The molecule has 2 N–H and O–H groups in total. The highest BCUT2D eigenvalue weighted by Gasteiger charge is 2.45. The Balaban J connectivity index is 2.15. The summed E-state index contributed by atoms with van der Waals surface area (Å²) in [7, 11) is 1.63. The van der Waals surface area contributed by atoms with Crippen molar-refractivity contribution in [3.63, 3.8) is 0 Å². The Morgan fingerprint density at radius 3 is 2.56 bits per heavy atom. The van der Waals surface area contributed by atoms with Crippen molar-refractivity contribution >= 4 is 46.7 Å². The number of hydrogen-bond donors (Lipinski definition) is 2. The van der Waals surface area contributed by atoms with E-state index in [4.69, 9.17) is 4.74 Å². The number of piperidine rings is 1. The summed E-state index contributed by atoms with van der Waals surface area (Å²) in [6.45, 7) is 1.67. The van der Waals surface area contributed by atoms with Crippen LogP contribution in [0, 0.1) is 0 Å². The normalized spacial score (nSPS) is 18.3. The van der Waals surface area contributed by atoms with E-state index in [0.717, 1.165) is 41.8 Å². The Morgan fingerprint density at radius 1 is 1.44 bits per heavy atom. The number of nitrogens with zero attached hydrogens (tertiary/aromatic N) is 1. The maximum Gasteiger partial charge on any atom is 0.327 e.